The van der Waals surface area contributed by atoms with E-state index in [4.69, 9.17) is 15.2 Å². The lowest BCUT2D eigenvalue weighted by atomic mass is 10.1. The second kappa shape index (κ2) is 8.00. The van der Waals surface area contributed by atoms with E-state index in [2.05, 4.69) is 25.9 Å². The highest BCUT2D eigenvalue weighted by Crippen LogP contribution is 2.36. The zero-order valence-electron chi connectivity index (χ0n) is 13.9. The van der Waals surface area contributed by atoms with Crippen LogP contribution in [0, 0.1) is 0 Å². The molecule has 1 aliphatic heterocycles. The molecule has 1 aromatic carbocycles. The number of halogens is 1. The van der Waals surface area contributed by atoms with Crippen molar-refractivity contribution in [3.63, 3.8) is 0 Å². The Labute approximate surface area is 150 Å². The number of rotatable bonds is 5. The van der Waals surface area contributed by atoms with Crippen LogP contribution >= 0.6 is 15.9 Å². The normalized spacial score (nSPS) is 16.1. The van der Waals surface area contributed by atoms with Crippen molar-refractivity contribution in [2.75, 3.05) is 38.8 Å². The summed E-state index contributed by atoms with van der Waals surface area (Å²) in [7, 11) is 1.90. The van der Waals surface area contributed by atoms with Gasteiger partial charge in [0.2, 0.25) is 0 Å². The quantitative estimate of drug-likeness (QED) is 0.789. The molecular weight excluding hydrogens is 372 g/mol. The zero-order valence-corrected chi connectivity index (χ0v) is 15.5. The van der Waals surface area contributed by atoms with Gasteiger partial charge in [-0.3, -0.25) is 9.58 Å². The molecule has 24 heavy (non-hydrogen) atoms. The summed E-state index contributed by atoms with van der Waals surface area (Å²) in [5.41, 5.74) is 8.56. The number of nitrogen functional groups attached to an aromatic ring is 1. The number of anilines is 1. The first-order valence-corrected chi connectivity index (χ1v) is 8.95. The van der Waals surface area contributed by atoms with E-state index in [1.165, 1.54) is 6.42 Å². The van der Waals surface area contributed by atoms with E-state index >= 15 is 0 Å². The number of aromatic nitrogens is 2. The zero-order chi connectivity index (χ0) is 16.9. The third-order valence-corrected chi connectivity index (χ3v) is 4.69. The van der Waals surface area contributed by atoms with Crippen molar-refractivity contribution in [1.82, 2.24) is 14.7 Å². The summed E-state index contributed by atoms with van der Waals surface area (Å²) in [6.45, 7) is 4.05. The lowest BCUT2D eigenvalue weighted by Gasteiger charge is -2.20. The maximum Gasteiger partial charge on any atom is 0.128 e. The Kier molecular flexibility index (Phi) is 5.76. The van der Waals surface area contributed by atoms with Gasteiger partial charge in [0.15, 0.2) is 0 Å². The fourth-order valence-electron chi connectivity index (χ4n) is 2.83. The predicted octanol–water partition coefficient (Wildman–Crippen LogP) is 2.88. The van der Waals surface area contributed by atoms with Crippen LogP contribution in [0.15, 0.2) is 28.9 Å². The van der Waals surface area contributed by atoms with Gasteiger partial charge < -0.3 is 15.2 Å². The molecule has 130 valence electrons. The Morgan fingerprint density at radius 2 is 2.25 bits per heavy atom. The van der Waals surface area contributed by atoms with Gasteiger partial charge in [-0.25, -0.2) is 0 Å². The van der Waals surface area contributed by atoms with Gasteiger partial charge in [-0.1, -0.05) is 0 Å². The van der Waals surface area contributed by atoms with Gasteiger partial charge in [0.25, 0.3) is 0 Å². The standard InChI is InChI=1S/C17H23BrN4O2/c1-21-17(15(18)11-20-21)14-10-13(19)4-5-16(14)24-9-7-22-6-2-3-8-23-12-22/h4-5,10-11H,2-3,6-9,12,19H2,1H3. The molecule has 3 rings (SSSR count). The largest absolute Gasteiger partial charge is 0.492 e. The van der Waals surface area contributed by atoms with E-state index in [0.29, 0.717) is 19.0 Å². The average molecular weight is 395 g/mol. The first-order valence-electron chi connectivity index (χ1n) is 8.15. The van der Waals surface area contributed by atoms with Crippen molar-refractivity contribution < 1.29 is 9.47 Å². The monoisotopic (exact) mass is 394 g/mol. The van der Waals surface area contributed by atoms with Gasteiger partial charge in [-0.15, -0.1) is 0 Å². The molecule has 1 aromatic heterocycles. The molecule has 2 heterocycles. The van der Waals surface area contributed by atoms with Crippen LogP contribution in [0.25, 0.3) is 11.3 Å². The van der Waals surface area contributed by atoms with Gasteiger partial charge in [0, 0.05) is 38.0 Å². The summed E-state index contributed by atoms with van der Waals surface area (Å²) in [6.07, 6.45) is 4.08. The van der Waals surface area contributed by atoms with Gasteiger partial charge in [0.1, 0.15) is 12.4 Å². The van der Waals surface area contributed by atoms with Gasteiger partial charge >= 0.3 is 0 Å². The van der Waals surface area contributed by atoms with E-state index in [1.807, 2.05) is 29.9 Å². The van der Waals surface area contributed by atoms with E-state index in [9.17, 15) is 0 Å². The summed E-state index contributed by atoms with van der Waals surface area (Å²) >= 11 is 3.55. The van der Waals surface area contributed by atoms with Crippen molar-refractivity contribution in [3.8, 4) is 17.0 Å². The van der Waals surface area contributed by atoms with Crippen LogP contribution < -0.4 is 10.5 Å². The molecule has 1 saturated heterocycles. The SMILES string of the molecule is Cn1ncc(Br)c1-c1cc(N)ccc1OCCN1CCCCOC1. The van der Waals surface area contributed by atoms with Crippen molar-refractivity contribution in [3.05, 3.63) is 28.9 Å². The van der Waals surface area contributed by atoms with E-state index in [-0.39, 0.29) is 0 Å². The molecule has 1 fully saturated rings. The molecule has 0 saturated carbocycles. The number of nitrogens with zero attached hydrogens (tertiary/aromatic N) is 3. The highest BCUT2D eigenvalue weighted by molar-refractivity contribution is 9.10. The number of benzene rings is 1. The molecule has 2 aromatic rings. The fraction of sp³-hybridized carbons (Fsp3) is 0.471. The van der Waals surface area contributed by atoms with Crippen molar-refractivity contribution >= 4 is 21.6 Å². The third kappa shape index (κ3) is 4.09. The molecule has 7 heteroatoms. The summed E-state index contributed by atoms with van der Waals surface area (Å²) in [5, 5.41) is 4.28. The molecule has 0 bridgehead atoms. The van der Waals surface area contributed by atoms with Gasteiger partial charge in [0.05, 0.1) is 23.1 Å². The minimum atomic E-state index is 0.607. The minimum Gasteiger partial charge on any atom is -0.492 e. The van der Waals surface area contributed by atoms with E-state index in [1.54, 1.807) is 6.20 Å². The number of nitrogens with two attached hydrogens (primary N) is 1. The maximum atomic E-state index is 6.05. The van der Waals surface area contributed by atoms with E-state index < -0.39 is 0 Å². The van der Waals surface area contributed by atoms with Crippen molar-refractivity contribution in [2.45, 2.75) is 12.8 Å². The first kappa shape index (κ1) is 17.3. The van der Waals surface area contributed by atoms with Crippen LogP contribution in [0.3, 0.4) is 0 Å². The van der Waals surface area contributed by atoms with Gasteiger partial charge in [-0.05, 0) is 47.0 Å². The molecule has 0 radical (unpaired) electrons. The smallest absolute Gasteiger partial charge is 0.128 e. The molecule has 6 nitrogen and oxygen atoms in total. The Hall–Kier alpha value is -1.57. The van der Waals surface area contributed by atoms with E-state index in [0.717, 1.165) is 47.6 Å². The van der Waals surface area contributed by atoms with Crippen LogP contribution in [0.4, 0.5) is 5.69 Å². The average Bonchev–Trinajstić information content (AvgIpc) is 2.77. The Balaban J connectivity index is 1.71. The summed E-state index contributed by atoms with van der Waals surface area (Å²) in [4.78, 5) is 2.28. The molecule has 2 N–H and O–H groups in total. The third-order valence-electron chi connectivity index (χ3n) is 4.10. The summed E-state index contributed by atoms with van der Waals surface area (Å²) < 4.78 is 14.4. The van der Waals surface area contributed by atoms with Crippen LogP contribution in [-0.2, 0) is 11.8 Å². The molecule has 0 atom stereocenters. The minimum absolute atomic E-state index is 0.607. The lowest BCUT2D eigenvalue weighted by molar-refractivity contribution is 0.0428. The van der Waals surface area contributed by atoms with Crippen LogP contribution in [-0.4, -0.2) is 47.7 Å². The molecular formula is C17H23BrN4O2. The predicted molar refractivity (Wildman–Crippen MR) is 97.9 cm³/mol. The number of hydrogen-bond acceptors (Lipinski definition) is 5. The number of ether oxygens (including phenoxy) is 2. The maximum absolute atomic E-state index is 6.05. The second-order valence-corrected chi connectivity index (χ2v) is 6.79. The number of aryl methyl sites for hydroxylation is 1. The van der Waals surface area contributed by atoms with Crippen LogP contribution in [0.5, 0.6) is 5.75 Å². The first-order chi connectivity index (χ1) is 11.6. The summed E-state index contributed by atoms with van der Waals surface area (Å²) in [5.74, 6) is 0.809. The Morgan fingerprint density at radius 1 is 1.38 bits per heavy atom. The topological polar surface area (TPSA) is 65.5 Å². The Bertz CT molecular complexity index is 662. The van der Waals surface area contributed by atoms with Crippen molar-refractivity contribution in [1.29, 1.82) is 0 Å². The highest BCUT2D eigenvalue weighted by atomic mass is 79.9. The van der Waals surface area contributed by atoms with Crippen LogP contribution in [0.2, 0.25) is 0 Å². The van der Waals surface area contributed by atoms with Crippen molar-refractivity contribution in [2.24, 2.45) is 7.05 Å². The molecule has 0 spiro atoms. The second-order valence-electron chi connectivity index (χ2n) is 5.93. The molecule has 1 aliphatic rings. The fourth-order valence-corrected chi connectivity index (χ4v) is 3.39. The molecule has 0 amide bonds. The number of hydrogen-bond donors (Lipinski definition) is 1. The van der Waals surface area contributed by atoms with Crippen LogP contribution in [0.1, 0.15) is 12.8 Å². The lowest BCUT2D eigenvalue weighted by Crippen LogP contribution is -2.30. The Morgan fingerprint density at radius 3 is 3.04 bits per heavy atom. The molecule has 0 aliphatic carbocycles. The van der Waals surface area contributed by atoms with Gasteiger partial charge in [-0.2, -0.15) is 5.10 Å². The summed E-state index contributed by atoms with van der Waals surface area (Å²) in [6, 6.07) is 5.70. The highest BCUT2D eigenvalue weighted by Gasteiger charge is 2.15. The molecule has 0 unspecified atom stereocenters.